The lowest BCUT2D eigenvalue weighted by Crippen LogP contribution is -2.35. The summed E-state index contributed by atoms with van der Waals surface area (Å²) in [6, 6.07) is 9.35. The molecular formula is C20H20N4O2. The number of H-pyrrole nitrogens is 1. The first kappa shape index (κ1) is 16.5. The summed E-state index contributed by atoms with van der Waals surface area (Å²) in [4.78, 5) is 26.4. The minimum absolute atomic E-state index is 0.0829. The van der Waals surface area contributed by atoms with Crippen LogP contribution in [-0.2, 0) is 19.5 Å². The Labute approximate surface area is 151 Å². The number of nitrogens with zero attached hydrogens (tertiary/aromatic N) is 3. The quantitative estimate of drug-likeness (QED) is 0.759. The fraction of sp³-hybridized carbons (Fsp3) is 0.250. The standard InChI is InChI=1S/C20H20N4O2/c1-13-9-14(4-5-18(13)25)11-24-8-6-17-16(12-24)20(26)23-19(22-17)15-3-2-7-21-10-15/h2-5,7,9-10,25H,6,8,11-12H2,1H3,(H,22,23,26). The molecule has 0 atom stereocenters. The van der Waals surface area contributed by atoms with Gasteiger partial charge in [-0.25, -0.2) is 4.98 Å². The molecule has 26 heavy (non-hydrogen) atoms. The number of hydrogen-bond donors (Lipinski definition) is 2. The number of aromatic nitrogens is 3. The first-order valence-electron chi connectivity index (χ1n) is 8.63. The van der Waals surface area contributed by atoms with Gasteiger partial charge in [0.15, 0.2) is 0 Å². The molecule has 2 aromatic heterocycles. The highest BCUT2D eigenvalue weighted by Crippen LogP contribution is 2.22. The average molecular weight is 348 g/mol. The molecule has 0 saturated carbocycles. The molecule has 3 heterocycles. The molecule has 132 valence electrons. The van der Waals surface area contributed by atoms with Gasteiger partial charge in [-0.05, 0) is 36.2 Å². The Morgan fingerprint density at radius 1 is 1.31 bits per heavy atom. The molecule has 6 nitrogen and oxygen atoms in total. The van der Waals surface area contributed by atoms with Gasteiger partial charge in [-0.15, -0.1) is 0 Å². The number of nitrogens with one attached hydrogen (secondary N) is 1. The van der Waals surface area contributed by atoms with Crippen molar-refractivity contribution in [2.45, 2.75) is 26.4 Å². The van der Waals surface area contributed by atoms with Gasteiger partial charge < -0.3 is 10.1 Å². The maximum absolute atomic E-state index is 12.6. The summed E-state index contributed by atoms with van der Waals surface area (Å²) in [6.07, 6.45) is 4.14. The molecular weight excluding hydrogens is 328 g/mol. The van der Waals surface area contributed by atoms with E-state index in [1.807, 2.05) is 31.2 Å². The molecule has 0 radical (unpaired) electrons. The van der Waals surface area contributed by atoms with E-state index >= 15 is 0 Å². The van der Waals surface area contributed by atoms with Gasteiger partial charge in [-0.2, -0.15) is 0 Å². The summed E-state index contributed by atoms with van der Waals surface area (Å²) in [5.74, 6) is 0.880. The molecule has 1 aliphatic rings. The molecule has 0 aliphatic carbocycles. The normalized spacial score (nSPS) is 14.2. The van der Waals surface area contributed by atoms with Crippen LogP contribution in [0.5, 0.6) is 5.75 Å². The third-order valence-corrected chi connectivity index (χ3v) is 4.75. The second kappa shape index (κ2) is 6.72. The fourth-order valence-electron chi connectivity index (χ4n) is 3.33. The van der Waals surface area contributed by atoms with E-state index in [0.717, 1.165) is 47.5 Å². The van der Waals surface area contributed by atoms with Crippen LogP contribution in [0, 0.1) is 6.92 Å². The van der Waals surface area contributed by atoms with Gasteiger partial charge in [0.25, 0.3) is 5.56 Å². The van der Waals surface area contributed by atoms with E-state index in [1.165, 1.54) is 0 Å². The second-order valence-electron chi connectivity index (χ2n) is 6.66. The summed E-state index contributed by atoms with van der Waals surface area (Å²) in [5.41, 5.74) is 4.32. The molecule has 0 unspecified atom stereocenters. The summed E-state index contributed by atoms with van der Waals surface area (Å²) >= 11 is 0. The number of pyridine rings is 1. The Balaban J connectivity index is 1.57. The predicted molar refractivity (Wildman–Crippen MR) is 98.8 cm³/mol. The van der Waals surface area contributed by atoms with E-state index in [1.54, 1.807) is 18.5 Å². The maximum Gasteiger partial charge on any atom is 0.255 e. The first-order chi connectivity index (χ1) is 12.6. The van der Waals surface area contributed by atoms with Crippen LogP contribution in [0.25, 0.3) is 11.4 Å². The van der Waals surface area contributed by atoms with Crippen LogP contribution in [0.1, 0.15) is 22.4 Å². The second-order valence-corrected chi connectivity index (χ2v) is 6.66. The van der Waals surface area contributed by atoms with E-state index in [4.69, 9.17) is 0 Å². The molecule has 2 N–H and O–H groups in total. The van der Waals surface area contributed by atoms with Crippen LogP contribution in [0.15, 0.2) is 47.5 Å². The Morgan fingerprint density at radius 2 is 2.19 bits per heavy atom. The Kier molecular flexibility index (Phi) is 4.26. The van der Waals surface area contributed by atoms with Crippen LogP contribution in [0.4, 0.5) is 0 Å². The minimum Gasteiger partial charge on any atom is -0.508 e. The van der Waals surface area contributed by atoms with E-state index in [-0.39, 0.29) is 5.56 Å². The molecule has 4 rings (SSSR count). The number of benzene rings is 1. The lowest BCUT2D eigenvalue weighted by atomic mass is 10.0. The van der Waals surface area contributed by atoms with Crippen molar-refractivity contribution in [3.63, 3.8) is 0 Å². The SMILES string of the molecule is Cc1cc(CN2CCc3nc(-c4cccnc4)[nH]c(=O)c3C2)ccc1O. The Hall–Kier alpha value is -2.99. The number of aromatic amines is 1. The molecule has 3 aromatic rings. The number of phenols is 1. The van der Waals surface area contributed by atoms with Crippen LogP contribution in [0.3, 0.4) is 0 Å². The zero-order valence-corrected chi connectivity index (χ0v) is 14.6. The van der Waals surface area contributed by atoms with Crippen molar-refractivity contribution >= 4 is 0 Å². The number of hydrogen-bond acceptors (Lipinski definition) is 5. The average Bonchev–Trinajstić information content (AvgIpc) is 2.66. The molecule has 0 spiro atoms. The van der Waals surface area contributed by atoms with Gasteiger partial charge >= 0.3 is 0 Å². The molecule has 1 aliphatic heterocycles. The van der Waals surface area contributed by atoms with Crippen molar-refractivity contribution in [2.24, 2.45) is 0 Å². The van der Waals surface area contributed by atoms with Crippen molar-refractivity contribution in [1.82, 2.24) is 19.9 Å². The van der Waals surface area contributed by atoms with Crippen LogP contribution in [-0.4, -0.2) is 31.5 Å². The predicted octanol–water partition coefficient (Wildman–Crippen LogP) is 2.40. The summed E-state index contributed by atoms with van der Waals surface area (Å²) in [7, 11) is 0. The third kappa shape index (κ3) is 3.23. The maximum atomic E-state index is 12.6. The van der Waals surface area contributed by atoms with Crippen molar-refractivity contribution in [3.8, 4) is 17.1 Å². The first-order valence-corrected chi connectivity index (χ1v) is 8.63. The van der Waals surface area contributed by atoms with Gasteiger partial charge in [0, 0.05) is 44.0 Å². The molecule has 0 fully saturated rings. The van der Waals surface area contributed by atoms with E-state index in [2.05, 4.69) is 19.9 Å². The largest absolute Gasteiger partial charge is 0.508 e. The lowest BCUT2D eigenvalue weighted by molar-refractivity contribution is 0.241. The van der Waals surface area contributed by atoms with Crippen LogP contribution < -0.4 is 5.56 Å². The zero-order valence-electron chi connectivity index (χ0n) is 14.6. The highest BCUT2D eigenvalue weighted by molar-refractivity contribution is 5.53. The number of fused-ring (bicyclic) bond motifs is 1. The van der Waals surface area contributed by atoms with Crippen molar-refractivity contribution in [3.05, 3.63) is 75.5 Å². The number of aryl methyl sites for hydroxylation is 1. The highest BCUT2D eigenvalue weighted by atomic mass is 16.3. The van der Waals surface area contributed by atoms with E-state index < -0.39 is 0 Å². The summed E-state index contributed by atoms with van der Waals surface area (Å²) < 4.78 is 0. The highest BCUT2D eigenvalue weighted by Gasteiger charge is 2.21. The molecule has 6 heteroatoms. The molecule has 0 bridgehead atoms. The Bertz CT molecular complexity index is 998. The summed E-state index contributed by atoms with van der Waals surface area (Å²) in [6.45, 7) is 4.05. The van der Waals surface area contributed by atoms with Crippen LogP contribution in [0.2, 0.25) is 0 Å². The van der Waals surface area contributed by atoms with Gasteiger partial charge in [0.2, 0.25) is 0 Å². The lowest BCUT2D eigenvalue weighted by Gasteiger charge is -2.27. The van der Waals surface area contributed by atoms with E-state index in [9.17, 15) is 9.90 Å². The van der Waals surface area contributed by atoms with Crippen molar-refractivity contribution in [1.29, 1.82) is 0 Å². The van der Waals surface area contributed by atoms with Gasteiger partial charge in [0.1, 0.15) is 11.6 Å². The zero-order chi connectivity index (χ0) is 18.1. The molecule has 0 amide bonds. The topological polar surface area (TPSA) is 82.1 Å². The fourth-order valence-corrected chi connectivity index (χ4v) is 3.33. The van der Waals surface area contributed by atoms with Gasteiger partial charge in [-0.3, -0.25) is 14.7 Å². The number of rotatable bonds is 3. The number of phenolic OH excluding ortho intramolecular Hbond substituents is 1. The minimum atomic E-state index is -0.0829. The van der Waals surface area contributed by atoms with Crippen molar-refractivity contribution in [2.75, 3.05) is 6.54 Å². The third-order valence-electron chi connectivity index (χ3n) is 4.75. The monoisotopic (exact) mass is 348 g/mol. The molecule has 0 saturated heterocycles. The van der Waals surface area contributed by atoms with Gasteiger partial charge in [-0.1, -0.05) is 12.1 Å². The molecule has 1 aromatic carbocycles. The smallest absolute Gasteiger partial charge is 0.255 e. The van der Waals surface area contributed by atoms with Crippen LogP contribution >= 0.6 is 0 Å². The van der Waals surface area contributed by atoms with Gasteiger partial charge in [0.05, 0.1) is 11.3 Å². The van der Waals surface area contributed by atoms with E-state index in [0.29, 0.717) is 18.1 Å². The summed E-state index contributed by atoms with van der Waals surface area (Å²) in [5, 5.41) is 9.66. The van der Waals surface area contributed by atoms with Crippen molar-refractivity contribution < 1.29 is 5.11 Å². The number of aromatic hydroxyl groups is 1. The Morgan fingerprint density at radius 3 is 2.96 bits per heavy atom.